The summed E-state index contributed by atoms with van der Waals surface area (Å²) in [6, 6.07) is 7.94. The van der Waals surface area contributed by atoms with Crippen LogP contribution in [-0.2, 0) is 11.2 Å². The van der Waals surface area contributed by atoms with Crippen molar-refractivity contribution in [3.05, 3.63) is 34.3 Å². The highest BCUT2D eigenvalue weighted by Crippen LogP contribution is 2.12. The standard InChI is InChI=1S/C14H20BrNO2/c1-2-4-13(17)10-16-14(18)8-7-11-5-3-6-12(15)9-11/h3,5-6,9,13,17H,2,4,7-8,10H2,1H3,(H,16,18). The molecule has 0 spiro atoms. The lowest BCUT2D eigenvalue weighted by molar-refractivity contribution is -0.121. The summed E-state index contributed by atoms with van der Waals surface area (Å²) in [5.41, 5.74) is 1.13. The van der Waals surface area contributed by atoms with Crippen LogP contribution in [0.15, 0.2) is 28.7 Å². The van der Waals surface area contributed by atoms with Crippen LogP contribution in [0.3, 0.4) is 0 Å². The first-order valence-electron chi connectivity index (χ1n) is 6.31. The van der Waals surface area contributed by atoms with Gasteiger partial charge in [-0.2, -0.15) is 0 Å². The van der Waals surface area contributed by atoms with Gasteiger partial charge in [0, 0.05) is 17.4 Å². The van der Waals surface area contributed by atoms with Gasteiger partial charge in [-0.25, -0.2) is 0 Å². The number of halogens is 1. The van der Waals surface area contributed by atoms with E-state index in [2.05, 4.69) is 21.2 Å². The molecule has 0 bridgehead atoms. The molecule has 1 amide bonds. The molecule has 0 fully saturated rings. The molecule has 0 heterocycles. The second-order valence-corrected chi connectivity index (χ2v) is 5.29. The molecule has 0 aliphatic heterocycles. The monoisotopic (exact) mass is 313 g/mol. The highest BCUT2D eigenvalue weighted by atomic mass is 79.9. The fraction of sp³-hybridized carbons (Fsp3) is 0.500. The summed E-state index contributed by atoms with van der Waals surface area (Å²) in [6.07, 6.45) is 2.40. The van der Waals surface area contributed by atoms with Crippen molar-refractivity contribution in [3.8, 4) is 0 Å². The summed E-state index contributed by atoms with van der Waals surface area (Å²) < 4.78 is 1.03. The number of aliphatic hydroxyl groups excluding tert-OH is 1. The zero-order valence-electron chi connectivity index (χ0n) is 10.7. The SMILES string of the molecule is CCCC(O)CNC(=O)CCc1cccc(Br)c1. The fourth-order valence-electron chi connectivity index (χ4n) is 1.71. The molecule has 0 saturated carbocycles. The quantitative estimate of drug-likeness (QED) is 0.813. The van der Waals surface area contributed by atoms with Gasteiger partial charge in [0.2, 0.25) is 5.91 Å². The zero-order chi connectivity index (χ0) is 13.4. The zero-order valence-corrected chi connectivity index (χ0v) is 12.2. The van der Waals surface area contributed by atoms with Crippen LogP contribution in [0.4, 0.5) is 0 Å². The van der Waals surface area contributed by atoms with Crippen molar-refractivity contribution in [3.63, 3.8) is 0 Å². The van der Waals surface area contributed by atoms with Crippen LogP contribution in [0.5, 0.6) is 0 Å². The van der Waals surface area contributed by atoms with Crippen LogP contribution in [0.1, 0.15) is 31.7 Å². The minimum absolute atomic E-state index is 0.00914. The van der Waals surface area contributed by atoms with Gasteiger partial charge < -0.3 is 10.4 Å². The van der Waals surface area contributed by atoms with Crippen molar-refractivity contribution in [1.82, 2.24) is 5.32 Å². The Kier molecular flexibility index (Phi) is 6.98. The number of rotatable bonds is 7. The van der Waals surface area contributed by atoms with Crippen molar-refractivity contribution in [1.29, 1.82) is 0 Å². The maximum Gasteiger partial charge on any atom is 0.220 e. The molecular weight excluding hydrogens is 294 g/mol. The van der Waals surface area contributed by atoms with E-state index in [9.17, 15) is 9.90 Å². The summed E-state index contributed by atoms with van der Waals surface area (Å²) in [6.45, 7) is 2.36. The number of aliphatic hydroxyl groups is 1. The average molecular weight is 314 g/mol. The van der Waals surface area contributed by atoms with Crippen LogP contribution in [0, 0.1) is 0 Å². The van der Waals surface area contributed by atoms with E-state index in [1.165, 1.54) is 0 Å². The molecule has 0 radical (unpaired) electrons. The fourth-order valence-corrected chi connectivity index (χ4v) is 2.15. The van der Waals surface area contributed by atoms with Gasteiger partial charge in [-0.1, -0.05) is 41.4 Å². The van der Waals surface area contributed by atoms with Crippen molar-refractivity contribution >= 4 is 21.8 Å². The Balaban J connectivity index is 2.25. The van der Waals surface area contributed by atoms with Gasteiger partial charge >= 0.3 is 0 Å². The molecule has 0 aliphatic rings. The number of amides is 1. The summed E-state index contributed by atoms with van der Waals surface area (Å²) in [5, 5.41) is 12.3. The van der Waals surface area contributed by atoms with Gasteiger partial charge in [-0.15, -0.1) is 0 Å². The Morgan fingerprint density at radius 3 is 2.94 bits per heavy atom. The number of carbonyl (C=O) groups excluding carboxylic acids is 1. The van der Waals surface area contributed by atoms with Gasteiger partial charge in [0.25, 0.3) is 0 Å². The normalized spacial score (nSPS) is 12.2. The number of benzene rings is 1. The molecule has 2 N–H and O–H groups in total. The smallest absolute Gasteiger partial charge is 0.220 e. The minimum atomic E-state index is -0.426. The minimum Gasteiger partial charge on any atom is -0.391 e. The summed E-state index contributed by atoms with van der Waals surface area (Å²) in [5.74, 6) is -0.00914. The van der Waals surface area contributed by atoms with Gasteiger partial charge in [-0.05, 0) is 30.5 Å². The molecule has 18 heavy (non-hydrogen) atoms. The number of hydrogen-bond donors (Lipinski definition) is 2. The van der Waals surface area contributed by atoms with E-state index in [-0.39, 0.29) is 5.91 Å². The molecule has 4 heteroatoms. The van der Waals surface area contributed by atoms with Crippen molar-refractivity contribution < 1.29 is 9.90 Å². The van der Waals surface area contributed by atoms with Gasteiger partial charge in [-0.3, -0.25) is 4.79 Å². The van der Waals surface area contributed by atoms with E-state index in [0.29, 0.717) is 13.0 Å². The molecule has 1 aromatic rings. The lowest BCUT2D eigenvalue weighted by Gasteiger charge is -2.10. The molecule has 1 rings (SSSR count). The lowest BCUT2D eigenvalue weighted by atomic mass is 10.1. The lowest BCUT2D eigenvalue weighted by Crippen LogP contribution is -2.32. The number of carbonyl (C=O) groups is 1. The van der Waals surface area contributed by atoms with Crippen molar-refractivity contribution in [2.24, 2.45) is 0 Å². The highest BCUT2D eigenvalue weighted by Gasteiger charge is 2.06. The molecule has 0 aromatic heterocycles. The van der Waals surface area contributed by atoms with Crippen LogP contribution in [-0.4, -0.2) is 23.7 Å². The largest absolute Gasteiger partial charge is 0.391 e. The third-order valence-electron chi connectivity index (χ3n) is 2.69. The first-order valence-corrected chi connectivity index (χ1v) is 7.10. The number of hydrogen-bond acceptors (Lipinski definition) is 2. The Labute approximate surface area is 117 Å². The van der Waals surface area contributed by atoms with Crippen LogP contribution in [0.25, 0.3) is 0 Å². The molecule has 3 nitrogen and oxygen atoms in total. The molecule has 1 aromatic carbocycles. The highest BCUT2D eigenvalue weighted by molar-refractivity contribution is 9.10. The number of aryl methyl sites for hydroxylation is 1. The van der Waals surface area contributed by atoms with Gasteiger partial charge in [0.1, 0.15) is 0 Å². The van der Waals surface area contributed by atoms with E-state index in [0.717, 1.165) is 29.3 Å². The second-order valence-electron chi connectivity index (χ2n) is 4.38. The molecule has 1 atom stereocenters. The molecule has 1 unspecified atom stereocenters. The Hall–Kier alpha value is -0.870. The molecular formula is C14H20BrNO2. The average Bonchev–Trinajstić information content (AvgIpc) is 2.34. The van der Waals surface area contributed by atoms with Crippen LogP contribution >= 0.6 is 15.9 Å². The maximum atomic E-state index is 11.6. The Morgan fingerprint density at radius 1 is 1.50 bits per heavy atom. The molecule has 0 saturated heterocycles. The predicted octanol–water partition coefficient (Wildman–Crippen LogP) is 2.66. The van der Waals surface area contributed by atoms with E-state index < -0.39 is 6.10 Å². The van der Waals surface area contributed by atoms with Crippen LogP contribution in [0.2, 0.25) is 0 Å². The maximum absolute atomic E-state index is 11.6. The third kappa shape index (κ3) is 6.17. The van der Waals surface area contributed by atoms with Crippen LogP contribution < -0.4 is 5.32 Å². The molecule has 0 aliphatic carbocycles. The summed E-state index contributed by atoms with van der Waals surface area (Å²) in [4.78, 5) is 11.6. The van der Waals surface area contributed by atoms with Crippen molar-refractivity contribution in [2.45, 2.75) is 38.7 Å². The Bertz CT molecular complexity index is 382. The van der Waals surface area contributed by atoms with E-state index in [4.69, 9.17) is 0 Å². The first-order chi connectivity index (χ1) is 8.61. The Morgan fingerprint density at radius 2 is 2.28 bits per heavy atom. The van der Waals surface area contributed by atoms with E-state index in [1.807, 2.05) is 31.2 Å². The van der Waals surface area contributed by atoms with E-state index in [1.54, 1.807) is 0 Å². The summed E-state index contributed by atoms with van der Waals surface area (Å²) >= 11 is 3.40. The topological polar surface area (TPSA) is 49.3 Å². The van der Waals surface area contributed by atoms with Crippen molar-refractivity contribution in [2.75, 3.05) is 6.54 Å². The molecule has 100 valence electrons. The van der Waals surface area contributed by atoms with E-state index >= 15 is 0 Å². The summed E-state index contributed by atoms with van der Waals surface area (Å²) in [7, 11) is 0. The third-order valence-corrected chi connectivity index (χ3v) is 3.18. The van der Waals surface area contributed by atoms with Gasteiger partial charge in [0.05, 0.1) is 6.10 Å². The first kappa shape index (κ1) is 15.2. The second kappa shape index (κ2) is 8.27. The number of nitrogens with one attached hydrogen (secondary N) is 1. The van der Waals surface area contributed by atoms with Gasteiger partial charge in [0.15, 0.2) is 0 Å². The predicted molar refractivity (Wildman–Crippen MR) is 76.4 cm³/mol.